The summed E-state index contributed by atoms with van der Waals surface area (Å²) in [5.74, 6) is -5.78. The van der Waals surface area contributed by atoms with Gasteiger partial charge < -0.3 is 5.32 Å². The van der Waals surface area contributed by atoms with Crippen LogP contribution in [-0.2, 0) is 5.92 Å². The molecule has 10 heteroatoms. The molecule has 1 N–H and O–H groups in total. The molecular weight excluding hydrogens is 335 g/mol. The SMILES string of the molecule is CCCCNC(=O)c1cc2nc(C)cc(C(F)(F)C(F)(F)F)n2n1. The zero-order valence-corrected chi connectivity index (χ0v) is 12.9. The van der Waals surface area contributed by atoms with Crippen molar-refractivity contribution in [2.75, 3.05) is 6.54 Å². The number of unbranched alkanes of at least 4 members (excludes halogenated alkanes) is 1. The van der Waals surface area contributed by atoms with Crippen molar-refractivity contribution in [1.82, 2.24) is 19.9 Å². The van der Waals surface area contributed by atoms with Crippen molar-refractivity contribution >= 4 is 11.6 Å². The lowest BCUT2D eigenvalue weighted by atomic mass is 10.2. The molecule has 1 amide bonds. The maximum Gasteiger partial charge on any atom is 0.459 e. The molecule has 0 aliphatic carbocycles. The second-order valence-electron chi connectivity index (χ2n) is 5.26. The smallest absolute Gasteiger partial charge is 0.351 e. The summed E-state index contributed by atoms with van der Waals surface area (Å²) in [7, 11) is 0. The predicted octanol–water partition coefficient (Wildman–Crippen LogP) is 3.22. The number of nitrogens with one attached hydrogen (secondary N) is 1. The summed E-state index contributed by atoms with van der Waals surface area (Å²) in [4.78, 5) is 15.8. The normalized spacial score (nSPS) is 12.6. The number of hydrogen-bond donors (Lipinski definition) is 1. The maximum atomic E-state index is 13.7. The summed E-state index contributed by atoms with van der Waals surface area (Å²) in [6.07, 6.45) is -4.26. The average molecular weight is 350 g/mol. The second-order valence-corrected chi connectivity index (χ2v) is 5.26. The number of alkyl halides is 5. The van der Waals surface area contributed by atoms with E-state index in [0.29, 0.717) is 23.5 Å². The highest BCUT2D eigenvalue weighted by Crippen LogP contribution is 2.43. The number of hydrogen-bond acceptors (Lipinski definition) is 3. The highest BCUT2D eigenvalue weighted by Gasteiger charge is 2.60. The van der Waals surface area contributed by atoms with Crippen molar-refractivity contribution < 1.29 is 26.7 Å². The van der Waals surface area contributed by atoms with Crippen LogP contribution in [0.4, 0.5) is 22.0 Å². The molecule has 24 heavy (non-hydrogen) atoms. The van der Waals surface area contributed by atoms with E-state index in [0.717, 1.165) is 12.5 Å². The van der Waals surface area contributed by atoms with Gasteiger partial charge in [-0.05, 0) is 19.4 Å². The van der Waals surface area contributed by atoms with Crippen LogP contribution in [0, 0.1) is 6.92 Å². The second kappa shape index (κ2) is 6.33. The third kappa shape index (κ3) is 3.31. The molecule has 0 saturated heterocycles. The molecule has 2 rings (SSSR count). The number of carbonyl (C=O) groups excluding carboxylic acids is 1. The monoisotopic (exact) mass is 350 g/mol. The first-order valence-electron chi connectivity index (χ1n) is 7.18. The Labute approximate surface area is 133 Å². The van der Waals surface area contributed by atoms with E-state index >= 15 is 0 Å². The number of nitrogens with zero attached hydrogens (tertiary/aromatic N) is 3. The summed E-state index contributed by atoms with van der Waals surface area (Å²) >= 11 is 0. The minimum absolute atomic E-state index is 0.0423. The molecule has 2 aromatic rings. The fraction of sp³-hybridized carbons (Fsp3) is 0.500. The van der Waals surface area contributed by atoms with Crippen molar-refractivity contribution in [2.45, 2.75) is 38.8 Å². The Morgan fingerprint density at radius 2 is 1.92 bits per heavy atom. The van der Waals surface area contributed by atoms with Crippen LogP contribution in [0.15, 0.2) is 12.1 Å². The Kier molecular flexibility index (Phi) is 4.77. The zero-order valence-electron chi connectivity index (χ0n) is 12.9. The van der Waals surface area contributed by atoms with Gasteiger partial charge in [-0.2, -0.15) is 27.1 Å². The molecule has 0 unspecified atom stereocenters. The van der Waals surface area contributed by atoms with Crippen molar-refractivity contribution in [3.05, 3.63) is 29.2 Å². The molecule has 0 saturated carbocycles. The molecule has 2 heterocycles. The van der Waals surface area contributed by atoms with E-state index in [1.165, 1.54) is 6.92 Å². The Morgan fingerprint density at radius 1 is 1.25 bits per heavy atom. The van der Waals surface area contributed by atoms with Gasteiger partial charge >= 0.3 is 12.1 Å². The van der Waals surface area contributed by atoms with E-state index in [4.69, 9.17) is 0 Å². The minimum atomic E-state index is -5.79. The topological polar surface area (TPSA) is 59.3 Å². The Hall–Kier alpha value is -2.26. The van der Waals surface area contributed by atoms with Gasteiger partial charge in [-0.3, -0.25) is 4.79 Å². The van der Waals surface area contributed by atoms with E-state index in [2.05, 4.69) is 15.4 Å². The highest BCUT2D eigenvalue weighted by molar-refractivity contribution is 5.93. The minimum Gasteiger partial charge on any atom is -0.351 e. The Bertz CT molecular complexity index is 753. The van der Waals surface area contributed by atoms with E-state index in [1.54, 1.807) is 0 Å². The largest absolute Gasteiger partial charge is 0.459 e. The van der Waals surface area contributed by atoms with Gasteiger partial charge in [-0.1, -0.05) is 13.3 Å². The highest BCUT2D eigenvalue weighted by atomic mass is 19.4. The molecule has 5 nitrogen and oxygen atoms in total. The van der Waals surface area contributed by atoms with Gasteiger partial charge in [0.25, 0.3) is 5.91 Å². The van der Waals surface area contributed by atoms with Gasteiger partial charge in [-0.15, -0.1) is 0 Å². The zero-order chi connectivity index (χ0) is 18.1. The summed E-state index contributed by atoms with van der Waals surface area (Å²) in [6.45, 7) is 3.54. The van der Waals surface area contributed by atoms with Crippen molar-refractivity contribution in [3.63, 3.8) is 0 Å². The number of rotatable bonds is 5. The third-order valence-electron chi connectivity index (χ3n) is 3.28. The van der Waals surface area contributed by atoms with Gasteiger partial charge in [0.05, 0.1) is 0 Å². The predicted molar refractivity (Wildman–Crippen MR) is 74.9 cm³/mol. The number of aromatic nitrogens is 3. The molecule has 0 radical (unpaired) electrons. The van der Waals surface area contributed by atoms with Crippen molar-refractivity contribution in [2.24, 2.45) is 0 Å². The molecule has 0 bridgehead atoms. The Balaban J connectivity index is 2.49. The van der Waals surface area contributed by atoms with E-state index in [-0.39, 0.29) is 17.0 Å². The number of amides is 1. The van der Waals surface area contributed by atoms with Crippen LogP contribution >= 0.6 is 0 Å². The molecule has 0 aromatic carbocycles. The van der Waals surface area contributed by atoms with Gasteiger partial charge in [0.15, 0.2) is 11.3 Å². The van der Waals surface area contributed by atoms with E-state index in [9.17, 15) is 26.7 Å². The molecule has 0 spiro atoms. The number of carbonyl (C=O) groups is 1. The van der Waals surface area contributed by atoms with Gasteiger partial charge in [0.1, 0.15) is 5.69 Å². The third-order valence-corrected chi connectivity index (χ3v) is 3.28. The summed E-state index contributed by atoms with van der Waals surface area (Å²) in [6, 6.07) is 1.68. The van der Waals surface area contributed by atoms with E-state index < -0.39 is 23.7 Å². The molecule has 132 valence electrons. The van der Waals surface area contributed by atoms with Crippen LogP contribution in [0.1, 0.15) is 41.6 Å². The molecule has 0 fully saturated rings. The first-order valence-corrected chi connectivity index (χ1v) is 7.18. The number of halogens is 5. The number of aryl methyl sites for hydroxylation is 1. The molecule has 0 aliphatic heterocycles. The van der Waals surface area contributed by atoms with Crippen LogP contribution in [0.3, 0.4) is 0 Å². The lowest BCUT2D eigenvalue weighted by Gasteiger charge is -2.20. The van der Waals surface area contributed by atoms with Crippen LogP contribution < -0.4 is 5.32 Å². The average Bonchev–Trinajstić information content (AvgIpc) is 2.88. The van der Waals surface area contributed by atoms with Crippen LogP contribution in [0.25, 0.3) is 5.65 Å². The summed E-state index contributed by atoms with van der Waals surface area (Å²) in [5.41, 5.74) is -1.96. The van der Waals surface area contributed by atoms with Crippen molar-refractivity contribution in [3.8, 4) is 0 Å². The Morgan fingerprint density at radius 3 is 2.50 bits per heavy atom. The quantitative estimate of drug-likeness (QED) is 0.665. The van der Waals surface area contributed by atoms with Crippen molar-refractivity contribution in [1.29, 1.82) is 0 Å². The standard InChI is InChI=1S/C14H15F5N4O/c1-3-4-5-20-12(24)9-7-11-21-8(2)6-10(23(11)22-9)13(15,16)14(17,18)19/h6-7H,3-5H2,1-2H3,(H,20,24). The molecular formula is C14H15F5N4O. The molecule has 0 aliphatic rings. The van der Waals surface area contributed by atoms with Gasteiger partial charge in [0.2, 0.25) is 0 Å². The van der Waals surface area contributed by atoms with Crippen LogP contribution in [0.5, 0.6) is 0 Å². The first kappa shape index (κ1) is 18.1. The van der Waals surface area contributed by atoms with E-state index in [1.807, 2.05) is 6.92 Å². The summed E-state index contributed by atoms with van der Waals surface area (Å²) in [5, 5.41) is 6.09. The van der Waals surface area contributed by atoms with Crippen LogP contribution in [-0.4, -0.2) is 33.2 Å². The molecule has 2 aromatic heterocycles. The van der Waals surface area contributed by atoms with Gasteiger partial charge in [-0.25, -0.2) is 9.50 Å². The lowest BCUT2D eigenvalue weighted by molar-refractivity contribution is -0.291. The lowest BCUT2D eigenvalue weighted by Crippen LogP contribution is -2.36. The summed E-state index contributed by atoms with van der Waals surface area (Å²) < 4.78 is 65.8. The maximum absolute atomic E-state index is 13.7. The first-order chi connectivity index (χ1) is 11.1. The number of fused-ring (bicyclic) bond motifs is 1. The fourth-order valence-corrected chi connectivity index (χ4v) is 2.05. The van der Waals surface area contributed by atoms with Gasteiger partial charge in [0, 0.05) is 18.3 Å². The fourth-order valence-electron chi connectivity index (χ4n) is 2.05. The molecule has 0 atom stereocenters. The van der Waals surface area contributed by atoms with Crippen LogP contribution in [0.2, 0.25) is 0 Å².